The number of carboxylic acids is 1. The molecule has 5 heteroatoms. The Hall–Kier alpha value is -2.43. The number of benzene rings is 1. The summed E-state index contributed by atoms with van der Waals surface area (Å²) in [4.78, 5) is 26.9. The topological polar surface area (TPSA) is 70.2 Å². The first-order valence-corrected chi connectivity index (χ1v) is 6.62. The molecule has 0 aliphatic rings. The molecule has 0 unspecified atom stereocenters. The predicted molar refractivity (Wildman–Crippen MR) is 78.3 cm³/mol. The summed E-state index contributed by atoms with van der Waals surface area (Å²) < 4.78 is 13.2. The van der Waals surface area contributed by atoms with Crippen molar-refractivity contribution in [1.82, 2.24) is 4.98 Å². The number of H-pyrrole nitrogens is 1. The molecule has 0 aliphatic heterocycles. The molecule has 1 aromatic heterocycles. The largest absolute Gasteiger partial charge is 0.477 e. The summed E-state index contributed by atoms with van der Waals surface area (Å²) in [6, 6.07) is 4.08. The number of halogens is 1. The van der Waals surface area contributed by atoms with Crippen LogP contribution in [0, 0.1) is 19.7 Å². The van der Waals surface area contributed by atoms with E-state index in [9.17, 15) is 19.1 Å². The number of pyridine rings is 1. The molecule has 0 saturated heterocycles. The minimum atomic E-state index is -1.26. The molecule has 0 amide bonds. The van der Waals surface area contributed by atoms with Crippen molar-refractivity contribution >= 4 is 5.97 Å². The average Bonchev–Trinajstić information content (AvgIpc) is 2.39. The summed E-state index contributed by atoms with van der Waals surface area (Å²) in [6.07, 6.45) is 0.417. The first kappa shape index (κ1) is 15.0. The summed E-state index contributed by atoms with van der Waals surface area (Å²) in [5, 5.41) is 9.27. The van der Waals surface area contributed by atoms with Gasteiger partial charge in [0.1, 0.15) is 11.4 Å². The minimum Gasteiger partial charge on any atom is -0.477 e. The average molecular weight is 289 g/mol. The zero-order valence-electron chi connectivity index (χ0n) is 12.1. The maximum Gasteiger partial charge on any atom is 0.341 e. The molecule has 0 saturated carbocycles. The van der Waals surface area contributed by atoms with Gasteiger partial charge in [0.2, 0.25) is 5.43 Å². The molecule has 0 fully saturated rings. The molecule has 0 atom stereocenters. The van der Waals surface area contributed by atoms with Crippen LogP contribution in [0.3, 0.4) is 0 Å². The predicted octanol–water partition coefficient (Wildman–Crippen LogP) is 3.06. The number of hydrogen-bond acceptors (Lipinski definition) is 2. The minimum absolute atomic E-state index is 0.248. The van der Waals surface area contributed by atoms with E-state index in [0.29, 0.717) is 28.9 Å². The normalized spacial score (nSPS) is 10.7. The van der Waals surface area contributed by atoms with Gasteiger partial charge in [0, 0.05) is 17.0 Å². The van der Waals surface area contributed by atoms with Crippen LogP contribution in [-0.4, -0.2) is 16.1 Å². The first-order valence-electron chi connectivity index (χ1n) is 6.62. The highest BCUT2D eigenvalue weighted by Gasteiger charge is 2.21. The molecule has 110 valence electrons. The van der Waals surface area contributed by atoms with Crippen molar-refractivity contribution < 1.29 is 14.3 Å². The van der Waals surface area contributed by atoms with E-state index in [1.807, 2.05) is 0 Å². The molecule has 0 radical (unpaired) electrons. The van der Waals surface area contributed by atoms with Crippen molar-refractivity contribution in [2.75, 3.05) is 0 Å². The second-order valence-corrected chi connectivity index (χ2v) is 4.93. The molecular formula is C16H16FNO3. The third-order valence-corrected chi connectivity index (χ3v) is 3.49. The van der Waals surface area contributed by atoms with Crippen LogP contribution in [0.25, 0.3) is 11.1 Å². The second kappa shape index (κ2) is 5.52. The Morgan fingerprint density at radius 1 is 1.33 bits per heavy atom. The van der Waals surface area contributed by atoms with Crippen LogP contribution >= 0.6 is 0 Å². The lowest BCUT2D eigenvalue weighted by molar-refractivity contribution is 0.0694. The summed E-state index contributed by atoms with van der Waals surface area (Å²) in [6.45, 7) is 5.18. The SMILES string of the molecule is CCc1[nH]c(C)c(-c2ccc(F)cc2C)c(=O)c1C(=O)O. The highest BCUT2D eigenvalue weighted by atomic mass is 19.1. The van der Waals surface area contributed by atoms with Gasteiger partial charge in [-0.3, -0.25) is 4.79 Å². The van der Waals surface area contributed by atoms with Crippen LogP contribution in [0.15, 0.2) is 23.0 Å². The lowest BCUT2D eigenvalue weighted by Gasteiger charge is -2.13. The standard InChI is InChI=1S/C16H16FNO3/c1-4-12-14(16(20)21)15(19)13(9(3)18-12)11-6-5-10(17)7-8(11)2/h5-7H,4H2,1-3H3,(H,18,19)(H,20,21). The van der Waals surface area contributed by atoms with Crippen LogP contribution in [0.1, 0.15) is 34.2 Å². The van der Waals surface area contributed by atoms with Gasteiger partial charge >= 0.3 is 5.97 Å². The smallest absolute Gasteiger partial charge is 0.341 e. The highest BCUT2D eigenvalue weighted by molar-refractivity contribution is 5.91. The lowest BCUT2D eigenvalue weighted by atomic mass is 9.96. The van der Waals surface area contributed by atoms with Gasteiger partial charge in [-0.25, -0.2) is 9.18 Å². The van der Waals surface area contributed by atoms with Crippen molar-refractivity contribution in [2.24, 2.45) is 0 Å². The third kappa shape index (κ3) is 2.59. The van der Waals surface area contributed by atoms with Crippen molar-refractivity contribution in [2.45, 2.75) is 27.2 Å². The van der Waals surface area contributed by atoms with E-state index >= 15 is 0 Å². The molecule has 2 N–H and O–H groups in total. The molecule has 1 heterocycles. The molecule has 0 spiro atoms. The summed E-state index contributed by atoms with van der Waals surface area (Å²) in [7, 11) is 0. The molecular weight excluding hydrogens is 273 g/mol. The maximum atomic E-state index is 13.2. The van der Waals surface area contributed by atoms with E-state index in [-0.39, 0.29) is 11.1 Å². The van der Waals surface area contributed by atoms with Crippen molar-refractivity contribution in [1.29, 1.82) is 0 Å². The quantitative estimate of drug-likeness (QED) is 0.912. The number of aromatic nitrogens is 1. The van der Waals surface area contributed by atoms with Gasteiger partial charge in [0.15, 0.2) is 0 Å². The number of aromatic carboxylic acids is 1. The Kier molecular flexibility index (Phi) is 3.93. The summed E-state index contributed by atoms with van der Waals surface area (Å²) in [5.41, 5.74) is 1.60. The van der Waals surface area contributed by atoms with Crippen LogP contribution in [0.2, 0.25) is 0 Å². The van der Waals surface area contributed by atoms with Gasteiger partial charge < -0.3 is 10.1 Å². The van der Waals surface area contributed by atoms with Crippen LogP contribution in [0.5, 0.6) is 0 Å². The van der Waals surface area contributed by atoms with E-state index in [4.69, 9.17) is 0 Å². The van der Waals surface area contributed by atoms with Gasteiger partial charge in [0.25, 0.3) is 0 Å². The fraction of sp³-hybridized carbons (Fsp3) is 0.250. The van der Waals surface area contributed by atoms with Gasteiger partial charge in [-0.15, -0.1) is 0 Å². The number of rotatable bonds is 3. The molecule has 21 heavy (non-hydrogen) atoms. The Labute approximate surface area is 121 Å². The van der Waals surface area contributed by atoms with Crippen LogP contribution in [0.4, 0.5) is 4.39 Å². The lowest BCUT2D eigenvalue weighted by Crippen LogP contribution is -2.22. The Balaban J connectivity index is 2.84. The Morgan fingerprint density at radius 2 is 2.00 bits per heavy atom. The van der Waals surface area contributed by atoms with Gasteiger partial charge in [-0.2, -0.15) is 0 Å². The number of carboxylic acid groups (broad SMARTS) is 1. The molecule has 1 aromatic carbocycles. The van der Waals surface area contributed by atoms with Crippen molar-refractivity contribution in [3.8, 4) is 11.1 Å². The van der Waals surface area contributed by atoms with E-state index in [2.05, 4.69) is 4.98 Å². The summed E-state index contributed by atoms with van der Waals surface area (Å²) >= 11 is 0. The zero-order chi connectivity index (χ0) is 15.7. The van der Waals surface area contributed by atoms with Gasteiger partial charge in [-0.1, -0.05) is 13.0 Å². The maximum absolute atomic E-state index is 13.2. The van der Waals surface area contributed by atoms with Gasteiger partial charge in [-0.05, 0) is 43.5 Å². The number of carbonyl (C=O) groups is 1. The molecule has 0 aliphatic carbocycles. The fourth-order valence-corrected chi connectivity index (χ4v) is 2.51. The second-order valence-electron chi connectivity index (χ2n) is 4.93. The van der Waals surface area contributed by atoms with E-state index in [0.717, 1.165) is 0 Å². The molecule has 2 aromatic rings. The third-order valence-electron chi connectivity index (χ3n) is 3.49. The highest BCUT2D eigenvalue weighted by Crippen LogP contribution is 2.24. The Bertz CT molecular complexity index is 778. The zero-order valence-corrected chi connectivity index (χ0v) is 12.1. The molecule has 0 bridgehead atoms. The van der Waals surface area contributed by atoms with E-state index in [1.54, 1.807) is 20.8 Å². The van der Waals surface area contributed by atoms with Crippen LogP contribution in [-0.2, 0) is 6.42 Å². The number of nitrogens with one attached hydrogen (secondary N) is 1. The van der Waals surface area contributed by atoms with E-state index < -0.39 is 17.2 Å². The van der Waals surface area contributed by atoms with Crippen molar-refractivity contribution in [3.63, 3.8) is 0 Å². The number of hydrogen-bond donors (Lipinski definition) is 2. The number of aromatic amines is 1. The molecule has 2 rings (SSSR count). The first-order chi connectivity index (χ1) is 9.86. The fourth-order valence-electron chi connectivity index (χ4n) is 2.51. The van der Waals surface area contributed by atoms with Gasteiger partial charge in [0.05, 0.1) is 0 Å². The number of aryl methyl sites for hydroxylation is 3. The van der Waals surface area contributed by atoms with Crippen molar-refractivity contribution in [3.05, 3.63) is 56.8 Å². The van der Waals surface area contributed by atoms with Crippen LogP contribution < -0.4 is 5.43 Å². The molecule has 4 nitrogen and oxygen atoms in total. The Morgan fingerprint density at radius 3 is 2.52 bits per heavy atom. The van der Waals surface area contributed by atoms with E-state index in [1.165, 1.54) is 18.2 Å². The summed E-state index contributed by atoms with van der Waals surface area (Å²) in [5.74, 6) is -1.65. The monoisotopic (exact) mass is 289 g/mol.